The highest BCUT2D eigenvalue weighted by atomic mass is 16.5. The fourth-order valence-corrected chi connectivity index (χ4v) is 0.367. The van der Waals surface area contributed by atoms with Crippen LogP contribution in [0.4, 0.5) is 0 Å². The van der Waals surface area contributed by atoms with Gasteiger partial charge in [0, 0.05) is 13.0 Å². The molecule has 1 N–H and O–H groups in total. The van der Waals surface area contributed by atoms with Gasteiger partial charge in [0.05, 0.1) is 0 Å². The fraction of sp³-hybridized carbons (Fsp3) is 0. The lowest BCUT2D eigenvalue weighted by Crippen LogP contribution is -1.50. The Labute approximate surface area is 41.4 Å². The van der Waals surface area contributed by atoms with Crippen LogP contribution in [0.25, 0.3) is 0 Å². The highest BCUT2D eigenvalue weighted by Gasteiger charge is 1.88. The van der Waals surface area contributed by atoms with Crippen molar-refractivity contribution >= 4 is 0 Å². The molecule has 1 heterocycles. The van der Waals surface area contributed by atoms with Crippen LogP contribution in [0.15, 0.2) is 16.5 Å². The van der Waals surface area contributed by atoms with Crippen LogP contribution >= 0.6 is 0 Å². The number of rotatable bonds is 0. The molecule has 0 aromatic carbocycles. The zero-order valence-corrected chi connectivity index (χ0v) is 3.72. The molecule has 1 aromatic heterocycles. The Morgan fingerprint density at radius 2 is 2.29 bits per heavy atom. The van der Waals surface area contributed by atoms with Gasteiger partial charge in [0.15, 0.2) is 0 Å². The van der Waals surface area contributed by atoms with Gasteiger partial charge in [-0.05, 0) is 6.07 Å². The molecule has 1 aromatic rings. The molecular weight excluding hydrogens is 92.1 g/mol. The lowest BCUT2D eigenvalue weighted by atomic mass is 10.5. The summed E-state index contributed by atoms with van der Waals surface area (Å²) in [5.74, 6) is 0.405. The highest BCUT2D eigenvalue weighted by molar-refractivity contribution is 5.11. The molecular formula is C5H5O2. The molecule has 0 aliphatic carbocycles. The predicted octanol–water partition coefficient (Wildman–Crippen LogP) is 1.17. The second-order valence-corrected chi connectivity index (χ2v) is 1.24. The molecule has 37 valence electrons. The lowest BCUT2D eigenvalue weighted by molar-refractivity contribution is 0.328. The Morgan fingerprint density at radius 3 is 2.43 bits per heavy atom. The third kappa shape index (κ3) is 0.738. The van der Waals surface area contributed by atoms with Crippen LogP contribution in [0.1, 0.15) is 5.76 Å². The molecule has 1 radical (unpaired) electrons. The standard InChI is InChI=1S/C5H5O2/c1-4-2-3-5(6)7-4/h2-3,6H,1H2. The van der Waals surface area contributed by atoms with Crippen molar-refractivity contribution in [2.45, 2.75) is 0 Å². The summed E-state index contributed by atoms with van der Waals surface area (Å²) in [5.41, 5.74) is 0. The maximum atomic E-state index is 8.45. The van der Waals surface area contributed by atoms with Crippen molar-refractivity contribution in [2.75, 3.05) is 0 Å². The van der Waals surface area contributed by atoms with Crippen LogP contribution in [-0.4, -0.2) is 5.11 Å². The third-order valence-corrected chi connectivity index (χ3v) is 0.647. The van der Waals surface area contributed by atoms with Gasteiger partial charge in [0.25, 0.3) is 5.95 Å². The second kappa shape index (κ2) is 1.30. The fourth-order valence-electron chi connectivity index (χ4n) is 0.367. The molecule has 0 saturated heterocycles. The van der Waals surface area contributed by atoms with Crippen molar-refractivity contribution in [3.05, 3.63) is 24.8 Å². The third-order valence-electron chi connectivity index (χ3n) is 0.647. The van der Waals surface area contributed by atoms with E-state index in [9.17, 15) is 0 Å². The van der Waals surface area contributed by atoms with E-state index in [2.05, 4.69) is 11.3 Å². The van der Waals surface area contributed by atoms with Crippen molar-refractivity contribution < 1.29 is 9.52 Å². The molecule has 0 unspecified atom stereocenters. The Kier molecular flexibility index (Phi) is 0.785. The number of aromatic hydroxyl groups is 1. The zero-order valence-electron chi connectivity index (χ0n) is 3.72. The van der Waals surface area contributed by atoms with Crippen LogP contribution in [0.3, 0.4) is 0 Å². The van der Waals surface area contributed by atoms with Crippen LogP contribution in [0.5, 0.6) is 5.95 Å². The van der Waals surface area contributed by atoms with E-state index >= 15 is 0 Å². The largest absolute Gasteiger partial charge is 0.481 e. The second-order valence-electron chi connectivity index (χ2n) is 1.24. The first-order chi connectivity index (χ1) is 3.29. The van der Waals surface area contributed by atoms with Gasteiger partial charge in [-0.25, -0.2) is 0 Å². The molecule has 0 amide bonds. The monoisotopic (exact) mass is 97.0 g/mol. The van der Waals surface area contributed by atoms with Gasteiger partial charge in [-0.15, -0.1) is 0 Å². The molecule has 1 rings (SSSR count). The van der Waals surface area contributed by atoms with Crippen LogP contribution < -0.4 is 0 Å². The van der Waals surface area contributed by atoms with Crippen LogP contribution in [-0.2, 0) is 0 Å². The van der Waals surface area contributed by atoms with E-state index in [0.29, 0.717) is 5.76 Å². The average Bonchev–Trinajstić information content (AvgIpc) is 1.87. The Bertz CT molecular complexity index is 138. The smallest absolute Gasteiger partial charge is 0.281 e. The van der Waals surface area contributed by atoms with Gasteiger partial charge in [0.1, 0.15) is 5.76 Å². The molecule has 0 fully saturated rings. The first-order valence-electron chi connectivity index (χ1n) is 1.90. The van der Waals surface area contributed by atoms with Gasteiger partial charge in [-0.1, -0.05) is 0 Å². The summed E-state index contributed by atoms with van der Waals surface area (Å²) in [4.78, 5) is 0. The Balaban J connectivity index is 3.04. The minimum absolute atomic E-state index is 0.0787. The number of hydrogen-bond acceptors (Lipinski definition) is 2. The minimum Gasteiger partial charge on any atom is -0.481 e. The average molecular weight is 97.1 g/mol. The molecule has 0 atom stereocenters. The van der Waals surface area contributed by atoms with Gasteiger partial charge >= 0.3 is 0 Å². The van der Waals surface area contributed by atoms with E-state index in [1.807, 2.05) is 0 Å². The van der Waals surface area contributed by atoms with Crippen molar-refractivity contribution in [3.8, 4) is 5.95 Å². The topological polar surface area (TPSA) is 33.4 Å². The summed E-state index contributed by atoms with van der Waals surface area (Å²) >= 11 is 0. The minimum atomic E-state index is -0.0787. The van der Waals surface area contributed by atoms with Crippen LogP contribution in [0, 0.1) is 6.92 Å². The van der Waals surface area contributed by atoms with Gasteiger partial charge in [0.2, 0.25) is 0 Å². The summed E-state index contributed by atoms with van der Waals surface area (Å²) in [6.07, 6.45) is 0. The van der Waals surface area contributed by atoms with Crippen molar-refractivity contribution in [3.63, 3.8) is 0 Å². The molecule has 0 spiro atoms. The molecule has 0 aliphatic rings. The van der Waals surface area contributed by atoms with Crippen LogP contribution in [0.2, 0.25) is 0 Å². The maximum Gasteiger partial charge on any atom is 0.281 e. The van der Waals surface area contributed by atoms with Gasteiger partial charge in [-0.2, -0.15) is 0 Å². The highest BCUT2D eigenvalue weighted by Crippen LogP contribution is 2.10. The quantitative estimate of drug-likeness (QED) is 0.527. The first kappa shape index (κ1) is 4.24. The summed E-state index contributed by atoms with van der Waals surface area (Å²) < 4.78 is 4.53. The summed E-state index contributed by atoms with van der Waals surface area (Å²) in [5, 5.41) is 8.45. The number of furan rings is 1. The SMILES string of the molecule is [CH2]c1ccc(O)o1. The lowest BCUT2D eigenvalue weighted by Gasteiger charge is -1.75. The maximum absolute atomic E-state index is 8.45. The molecule has 7 heavy (non-hydrogen) atoms. The van der Waals surface area contributed by atoms with E-state index in [1.165, 1.54) is 6.07 Å². The normalized spacial score (nSPS) is 9.29. The molecule has 0 aliphatic heterocycles. The molecule has 0 bridgehead atoms. The van der Waals surface area contributed by atoms with Crippen molar-refractivity contribution in [2.24, 2.45) is 0 Å². The first-order valence-corrected chi connectivity index (χ1v) is 1.90. The van der Waals surface area contributed by atoms with E-state index in [-0.39, 0.29) is 5.95 Å². The van der Waals surface area contributed by atoms with E-state index in [1.54, 1.807) is 6.07 Å². The van der Waals surface area contributed by atoms with Crippen molar-refractivity contribution in [1.82, 2.24) is 0 Å². The van der Waals surface area contributed by atoms with Crippen molar-refractivity contribution in [1.29, 1.82) is 0 Å². The van der Waals surface area contributed by atoms with Gasteiger partial charge < -0.3 is 9.52 Å². The summed E-state index contributed by atoms with van der Waals surface area (Å²) in [6.45, 7) is 3.41. The van der Waals surface area contributed by atoms with E-state index in [0.717, 1.165) is 0 Å². The zero-order chi connectivity index (χ0) is 5.28. The molecule has 2 nitrogen and oxygen atoms in total. The van der Waals surface area contributed by atoms with E-state index < -0.39 is 0 Å². The predicted molar refractivity (Wildman–Crippen MR) is 24.8 cm³/mol. The van der Waals surface area contributed by atoms with E-state index in [4.69, 9.17) is 5.11 Å². The molecule has 2 heteroatoms. The Morgan fingerprint density at radius 1 is 1.57 bits per heavy atom. The number of hydrogen-bond donors (Lipinski definition) is 1. The van der Waals surface area contributed by atoms with Gasteiger partial charge in [-0.3, -0.25) is 0 Å². The summed E-state index contributed by atoms with van der Waals surface area (Å²) in [6, 6.07) is 3.04. The Hall–Kier alpha value is -0.920. The summed E-state index contributed by atoms with van der Waals surface area (Å²) in [7, 11) is 0. The molecule has 0 saturated carbocycles.